The number of hydrogen-bond donors (Lipinski definition) is 2. The van der Waals surface area contributed by atoms with Gasteiger partial charge in [-0.25, -0.2) is 4.98 Å². The van der Waals surface area contributed by atoms with Crippen molar-refractivity contribution in [1.29, 1.82) is 0 Å². The lowest BCUT2D eigenvalue weighted by atomic mass is 10.2. The molecule has 1 aliphatic rings. The molecule has 1 fully saturated rings. The number of hydrogen-bond acceptors (Lipinski definition) is 9. The Kier molecular flexibility index (Phi) is 5.80. The van der Waals surface area contributed by atoms with E-state index in [1.807, 2.05) is 32.2 Å². The van der Waals surface area contributed by atoms with E-state index < -0.39 is 5.82 Å². The molecule has 8 nitrogen and oxygen atoms in total. The van der Waals surface area contributed by atoms with E-state index in [0.717, 1.165) is 22.7 Å². The molecule has 10 heteroatoms. The van der Waals surface area contributed by atoms with Crippen molar-refractivity contribution in [3.8, 4) is 5.88 Å². The molecule has 0 aliphatic heterocycles. The first-order valence-electron chi connectivity index (χ1n) is 8.66. The maximum Gasteiger partial charge on any atom is 0.255 e. The van der Waals surface area contributed by atoms with E-state index in [2.05, 4.69) is 25.1 Å². The summed E-state index contributed by atoms with van der Waals surface area (Å²) in [5, 5.41) is 9.41. The van der Waals surface area contributed by atoms with Gasteiger partial charge in [-0.3, -0.25) is 4.98 Å². The first kappa shape index (κ1) is 20.0. The van der Waals surface area contributed by atoms with Crippen LogP contribution in [0.15, 0.2) is 18.3 Å². The van der Waals surface area contributed by atoms with Crippen LogP contribution in [0.2, 0.25) is 0 Å². The molecule has 3 heterocycles. The van der Waals surface area contributed by atoms with Crippen LogP contribution in [0.3, 0.4) is 0 Å². The van der Waals surface area contributed by atoms with Crippen LogP contribution in [-0.2, 0) is 6.42 Å². The Morgan fingerprint density at radius 1 is 1.25 bits per heavy atom. The van der Waals surface area contributed by atoms with Crippen LogP contribution in [0.1, 0.15) is 39.3 Å². The molecule has 1 aliphatic carbocycles. The molecule has 148 valence electrons. The molecule has 0 saturated heterocycles. The number of aryl methyl sites for hydroxylation is 2. The normalized spacial score (nSPS) is 17.8. The van der Waals surface area contributed by atoms with Crippen LogP contribution in [0, 0.1) is 25.6 Å². The third-order valence-corrected chi connectivity index (χ3v) is 5.30. The van der Waals surface area contributed by atoms with Crippen molar-refractivity contribution in [1.82, 2.24) is 31.3 Å². The number of anilines is 1. The van der Waals surface area contributed by atoms with Gasteiger partial charge in [0, 0.05) is 30.1 Å². The van der Waals surface area contributed by atoms with Gasteiger partial charge < -0.3 is 16.6 Å². The smallest absolute Gasteiger partial charge is 0.255 e. The van der Waals surface area contributed by atoms with Crippen LogP contribution < -0.4 is 16.6 Å². The Balaban J connectivity index is 0.00000225. The molecule has 0 aromatic carbocycles. The SMILES string of the molecule is Cc1ccc([C@H]2C[C@@H]2COc2nc(N)nc(Cc3nnc(C)s3)c2F)nc1.N. The maximum atomic E-state index is 14.7. The quantitative estimate of drug-likeness (QED) is 0.641. The van der Waals surface area contributed by atoms with Gasteiger partial charge in [-0.15, -0.1) is 21.5 Å². The Morgan fingerprint density at radius 2 is 2.07 bits per heavy atom. The topological polar surface area (TPSA) is 135 Å². The summed E-state index contributed by atoms with van der Waals surface area (Å²) in [5.41, 5.74) is 8.07. The lowest BCUT2D eigenvalue weighted by Gasteiger charge is -2.09. The molecule has 28 heavy (non-hydrogen) atoms. The zero-order chi connectivity index (χ0) is 19.0. The van der Waals surface area contributed by atoms with E-state index in [0.29, 0.717) is 23.5 Å². The van der Waals surface area contributed by atoms with Gasteiger partial charge >= 0.3 is 0 Å². The van der Waals surface area contributed by atoms with E-state index in [9.17, 15) is 4.39 Å². The fourth-order valence-corrected chi connectivity index (χ4v) is 3.65. The van der Waals surface area contributed by atoms with Crippen molar-refractivity contribution in [3.63, 3.8) is 0 Å². The minimum atomic E-state index is -0.595. The molecule has 1 saturated carbocycles. The molecule has 2 atom stereocenters. The summed E-state index contributed by atoms with van der Waals surface area (Å²) in [6.07, 6.45) is 3.03. The van der Waals surface area contributed by atoms with Crippen LogP contribution in [0.5, 0.6) is 5.88 Å². The zero-order valence-electron chi connectivity index (χ0n) is 15.7. The second-order valence-corrected chi connectivity index (χ2v) is 7.98. The van der Waals surface area contributed by atoms with Gasteiger partial charge in [-0.2, -0.15) is 9.37 Å². The molecule has 0 amide bonds. The first-order valence-corrected chi connectivity index (χ1v) is 9.47. The van der Waals surface area contributed by atoms with Crippen molar-refractivity contribution < 1.29 is 9.13 Å². The molecule has 0 spiro atoms. The third kappa shape index (κ3) is 4.39. The highest BCUT2D eigenvalue weighted by molar-refractivity contribution is 7.11. The van der Waals surface area contributed by atoms with Crippen LogP contribution in [0.4, 0.5) is 10.3 Å². The number of ether oxygens (including phenoxy) is 1. The molecule has 0 unspecified atom stereocenters. The van der Waals surface area contributed by atoms with E-state index in [1.54, 1.807) is 0 Å². The van der Waals surface area contributed by atoms with Crippen molar-refractivity contribution >= 4 is 17.3 Å². The fraction of sp³-hybridized carbons (Fsp3) is 0.389. The average molecular weight is 403 g/mol. The second kappa shape index (κ2) is 8.11. The highest BCUT2D eigenvalue weighted by Crippen LogP contribution is 2.46. The summed E-state index contributed by atoms with van der Waals surface area (Å²) in [4.78, 5) is 12.4. The Labute approximate surface area is 166 Å². The maximum absolute atomic E-state index is 14.7. The van der Waals surface area contributed by atoms with Crippen LogP contribution in [-0.4, -0.2) is 31.8 Å². The second-order valence-electron chi connectivity index (χ2n) is 6.71. The van der Waals surface area contributed by atoms with Gasteiger partial charge in [0.1, 0.15) is 10.0 Å². The number of halogens is 1. The number of nitrogens with two attached hydrogens (primary N) is 1. The Bertz CT molecular complexity index is 963. The summed E-state index contributed by atoms with van der Waals surface area (Å²) in [5.74, 6) is -0.0825. The van der Waals surface area contributed by atoms with E-state index in [4.69, 9.17) is 10.5 Å². The van der Waals surface area contributed by atoms with Crippen molar-refractivity contribution in [2.24, 2.45) is 5.92 Å². The van der Waals surface area contributed by atoms with E-state index >= 15 is 0 Å². The lowest BCUT2D eigenvalue weighted by Crippen LogP contribution is -2.10. The minimum absolute atomic E-state index is 0. The van der Waals surface area contributed by atoms with E-state index in [-0.39, 0.29) is 30.1 Å². The molecule has 0 radical (unpaired) electrons. The van der Waals surface area contributed by atoms with Crippen molar-refractivity contribution in [3.05, 3.63) is 51.1 Å². The number of rotatable bonds is 6. The zero-order valence-corrected chi connectivity index (χ0v) is 16.5. The predicted molar refractivity (Wildman–Crippen MR) is 104 cm³/mol. The number of nitrogen functional groups attached to an aromatic ring is 1. The third-order valence-electron chi connectivity index (χ3n) is 4.46. The summed E-state index contributed by atoms with van der Waals surface area (Å²) < 4.78 is 20.4. The van der Waals surface area contributed by atoms with Gasteiger partial charge in [0.15, 0.2) is 0 Å². The van der Waals surface area contributed by atoms with E-state index in [1.165, 1.54) is 11.3 Å². The number of pyridine rings is 1. The minimum Gasteiger partial charge on any atom is -0.475 e. The number of aromatic nitrogens is 5. The molecule has 0 bridgehead atoms. The van der Waals surface area contributed by atoms with Crippen molar-refractivity contribution in [2.75, 3.05) is 12.3 Å². The molecule has 3 aromatic heterocycles. The van der Waals surface area contributed by atoms with Gasteiger partial charge in [0.05, 0.1) is 12.3 Å². The van der Waals surface area contributed by atoms with Gasteiger partial charge in [0.25, 0.3) is 5.88 Å². The first-order chi connectivity index (χ1) is 13.0. The average Bonchev–Trinajstić information content (AvgIpc) is 3.30. The van der Waals surface area contributed by atoms with Crippen LogP contribution >= 0.6 is 11.3 Å². The van der Waals surface area contributed by atoms with Gasteiger partial charge in [-0.05, 0) is 31.9 Å². The monoisotopic (exact) mass is 403 g/mol. The van der Waals surface area contributed by atoms with Crippen LogP contribution in [0.25, 0.3) is 0 Å². The largest absolute Gasteiger partial charge is 0.475 e. The molecule has 5 N–H and O–H groups in total. The molecular formula is C18H22FN7OS. The molecule has 3 aromatic rings. The highest BCUT2D eigenvalue weighted by atomic mass is 32.1. The van der Waals surface area contributed by atoms with Gasteiger partial charge in [0.2, 0.25) is 11.8 Å². The summed E-state index contributed by atoms with van der Waals surface area (Å²) in [7, 11) is 0. The highest BCUT2D eigenvalue weighted by Gasteiger charge is 2.40. The molecular weight excluding hydrogens is 381 g/mol. The summed E-state index contributed by atoms with van der Waals surface area (Å²) >= 11 is 1.39. The standard InChI is InChI=1S/C18H19FN6OS.H3N/c1-9-3-4-13(21-7-9)12-5-11(12)8-26-17-16(19)14(22-18(20)23-17)6-15-25-24-10(2)27-15;/h3-4,7,11-12H,5-6,8H2,1-2H3,(H2,20,22,23);1H3/t11-,12+;/m1./s1. The summed E-state index contributed by atoms with van der Waals surface area (Å²) in [6.45, 7) is 4.22. The number of nitrogens with zero attached hydrogens (tertiary/aromatic N) is 5. The summed E-state index contributed by atoms with van der Waals surface area (Å²) in [6, 6.07) is 4.08. The Morgan fingerprint density at radius 3 is 2.75 bits per heavy atom. The Hall–Kier alpha value is -2.72. The van der Waals surface area contributed by atoms with Crippen molar-refractivity contribution in [2.45, 2.75) is 32.6 Å². The fourth-order valence-electron chi connectivity index (χ4n) is 2.93. The molecule has 4 rings (SSSR count). The lowest BCUT2D eigenvalue weighted by molar-refractivity contribution is 0.269. The van der Waals surface area contributed by atoms with Gasteiger partial charge in [-0.1, -0.05) is 6.07 Å². The predicted octanol–water partition coefficient (Wildman–Crippen LogP) is 3.00.